The van der Waals surface area contributed by atoms with Crippen LogP contribution in [0.5, 0.6) is 5.88 Å². The highest BCUT2D eigenvalue weighted by Gasteiger charge is 2.45. The van der Waals surface area contributed by atoms with E-state index in [1.54, 1.807) is 6.92 Å². The van der Waals surface area contributed by atoms with E-state index in [2.05, 4.69) is 15.0 Å². The molecule has 1 unspecified atom stereocenters. The minimum atomic E-state index is -1.27. The van der Waals surface area contributed by atoms with Gasteiger partial charge in [-0.3, -0.25) is 9.36 Å². The highest BCUT2D eigenvalue weighted by Crippen LogP contribution is 2.33. The van der Waals surface area contributed by atoms with Gasteiger partial charge in [-0.15, -0.1) is 0 Å². The number of fused-ring (bicyclic) bond motifs is 1. The molecule has 0 bridgehead atoms. The first-order valence-corrected chi connectivity index (χ1v) is 7.67. The highest BCUT2D eigenvalue weighted by atomic mass is 16.6. The summed E-state index contributed by atoms with van der Waals surface area (Å²) in [6, 6.07) is 0. The fourth-order valence-corrected chi connectivity index (χ4v) is 2.61. The second-order valence-corrected chi connectivity index (χ2v) is 5.50. The van der Waals surface area contributed by atoms with Gasteiger partial charge in [-0.2, -0.15) is 9.97 Å². The second kappa shape index (κ2) is 6.78. The number of ether oxygens (including phenoxy) is 3. The van der Waals surface area contributed by atoms with Crippen LogP contribution < -0.4 is 10.5 Å². The van der Waals surface area contributed by atoms with E-state index >= 15 is 0 Å². The first kappa shape index (κ1) is 17.3. The standard InChI is InChI=1S/C14H19N5O6/c1-3-7(20)24-4-6-9(21)10(22)13(25-6)19-5-16-8-11(19)17-14(15)18-12(8)23-2/h5-6,9-10,13,21-22H,3-4H2,1-2H3,(H2,15,17,18)/t6-,9-,10+,13?/m1/s1. The number of aromatic nitrogens is 4. The number of rotatable bonds is 5. The van der Waals surface area contributed by atoms with Crippen molar-refractivity contribution in [3.63, 3.8) is 0 Å². The van der Waals surface area contributed by atoms with Gasteiger partial charge in [0.15, 0.2) is 17.4 Å². The van der Waals surface area contributed by atoms with Gasteiger partial charge in [-0.05, 0) is 0 Å². The van der Waals surface area contributed by atoms with Gasteiger partial charge in [0.2, 0.25) is 11.8 Å². The number of aliphatic hydroxyl groups is 2. The van der Waals surface area contributed by atoms with E-state index in [-0.39, 0.29) is 30.5 Å². The van der Waals surface area contributed by atoms with Crippen LogP contribution in [0.1, 0.15) is 19.6 Å². The van der Waals surface area contributed by atoms with Gasteiger partial charge in [-0.1, -0.05) is 6.92 Å². The molecule has 0 radical (unpaired) electrons. The molecule has 3 rings (SSSR count). The zero-order valence-electron chi connectivity index (χ0n) is 13.7. The van der Waals surface area contributed by atoms with Crippen molar-refractivity contribution in [1.29, 1.82) is 0 Å². The molecular formula is C14H19N5O6. The van der Waals surface area contributed by atoms with Gasteiger partial charge < -0.3 is 30.2 Å². The third-order valence-corrected chi connectivity index (χ3v) is 3.91. The lowest BCUT2D eigenvalue weighted by molar-refractivity contribution is -0.149. The number of methoxy groups -OCH3 is 1. The fraction of sp³-hybridized carbons (Fsp3) is 0.571. The monoisotopic (exact) mass is 353 g/mol. The SMILES string of the molecule is CCC(=O)OC[C@H]1OC(n2cnc3c(OC)nc(N)nc32)[C@@H](O)[C@@H]1O. The molecular weight excluding hydrogens is 334 g/mol. The Morgan fingerprint density at radius 1 is 1.40 bits per heavy atom. The van der Waals surface area contributed by atoms with Gasteiger partial charge in [-0.25, -0.2) is 4.98 Å². The fourth-order valence-electron chi connectivity index (χ4n) is 2.61. The largest absolute Gasteiger partial charge is 0.479 e. The summed E-state index contributed by atoms with van der Waals surface area (Å²) < 4.78 is 17.2. The van der Waals surface area contributed by atoms with Crippen LogP contribution in [0.15, 0.2) is 6.33 Å². The van der Waals surface area contributed by atoms with Crippen molar-refractivity contribution < 1.29 is 29.2 Å². The molecule has 2 aromatic heterocycles. The minimum absolute atomic E-state index is 0.0347. The Balaban J connectivity index is 1.88. The summed E-state index contributed by atoms with van der Waals surface area (Å²) in [6.45, 7) is 1.48. The topological polar surface area (TPSA) is 155 Å². The maximum atomic E-state index is 11.3. The molecule has 3 heterocycles. The summed E-state index contributed by atoms with van der Waals surface area (Å²) in [5, 5.41) is 20.5. The molecule has 11 heteroatoms. The molecule has 0 amide bonds. The van der Waals surface area contributed by atoms with Crippen LogP contribution in [0.25, 0.3) is 11.2 Å². The van der Waals surface area contributed by atoms with E-state index in [4.69, 9.17) is 19.9 Å². The summed E-state index contributed by atoms with van der Waals surface area (Å²) >= 11 is 0. The summed E-state index contributed by atoms with van der Waals surface area (Å²) in [5.41, 5.74) is 6.28. The van der Waals surface area contributed by atoms with Crippen LogP contribution in [-0.2, 0) is 14.3 Å². The van der Waals surface area contributed by atoms with Crippen molar-refractivity contribution in [3.8, 4) is 5.88 Å². The van der Waals surface area contributed by atoms with Gasteiger partial charge in [0.25, 0.3) is 0 Å². The van der Waals surface area contributed by atoms with Crippen molar-refractivity contribution in [1.82, 2.24) is 19.5 Å². The van der Waals surface area contributed by atoms with Crippen LogP contribution in [0.4, 0.5) is 5.95 Å². The van der Waals surface area contributed by atoms with Crippen molar-refractivity contribution >= 4 is 23.1 Å². The molecule has 1 saturated heterocycles. The van der Waals surface area contributed by atoms with Crippen LogP contribution in [0, 0.1) is 0 Å². The quantitative estimate of drug-likeness (QED) is 0.569. The molecule has 2 aromatic rings. The summed E-state index contributed by atoms with van der Waals surface area (Å²) in [6.07, 6.45) is -2.80. The average molecular weight is 353 g/mol. The Labute approximate surface area is 142 Å². The number of anilines is 1. The Kier molecular flexibility index (Phi) is 4.70. The lowest BCUT2D eigenvalue weighted by Crippen LogP contribution is -2.34. The van der Waals surface area contributed by atoms with Crippen molar-refractivity contribution in [2.24, 2.45) is 0 Å². The second-order valence-electron chi connectivity index (χ2n) is 5.50. The first-order chi connectivity index (χ1) is 12.0. The number of aliphatic hydroxyl groups excluding tert-OH is 2. The molecule has 1 fully saturated rings. The van der Waals surface area contributed by atoms with Gasteiger partial charge >= 0.3 is 5.97 Å². The first-order valence-electron chi connectivity index (χ1n) is 7.67. The number of nitrogens with two attached hydrogens (primary N) is 1. The number of nitrogen functional groups attached to an aromatic ring is 1. The molecule has 0 aromatic carbocycles. The van der Waals surface area contributed by atoms with Crippen LogP contribution in [0.2, 0.25) is 0 Å². The Morgan fingerprint density at radius 2 is 2.16 bits per heavy atom. The predicted octanol–water partition coefficient (Wildman–Crippen LogP) is -1.01. The molecule has 25 heavy (non-hydrogen) atoms. The van der Waals surface area contributed by atoms with E-state index in [0.717, 1.165) is 0 Å². The third kappa shape index (κ3) is 3.08. The van der Waals surface area contributed by atoms with Crippen LogP contribution >= 0.6 is 0 Å². The maximum Gasteiger partial charge on any atom is 0.305 e. The normalized spacial score (nSPS) is 26.1. The number of nitrogens with zero attached hydrogens (tertiary/aromatic N) is 4. The zero-order valence-corrected chi connectivity index (χ0v) is 13.7. The smallest absolute Gasteiger partial charge is 0.305 e. The van der Waals surface area contributed by atoms with Crippen molar-refractivity contribution in [2.45, 2.75) is 37.9 Å². The van der Waals surface area contributed by atoms with E-state index < -0.39 is 30.5 Å². The van der Waals surface area contributed by atoms with E-state index in [9.17, 15) is 15.0 Å². The number of carbonyl (C=O) groups is 1. The molecule has 4 N–H and O–H groups in total. The van der Waals surface area contributed by atoms with E-state index in [1.165, 1.54) is 18.0 Å². The summed E-state index contributed by atoms with van der Waals surface area (Å²) in [7, 11) is 1.42. The molecule has 1 aliphatic heterocycles. The van der Waals surface area contributed by atoms with Gasteiger partial charge in [0, 0.05) is 6.42 Å². The predicted molar refractivity (Wildman–Crippen MR) is 83.5 cm³/mol. The Hall–Kier alpha value is -2.50. The molecule has 0 aliphatic carbocycles. The van der Waals surface area contributed by atoms with Crippen molar-refractivity contribution in [3.05, 3.63) is 6.33 Å². The average Bonchev–Trinajstić information content (AvgIpc) is 3.14. The third-order valence-electron chi connectivity index (χ3n) is 3.91. The lowest BCUT2D eigenvalue weighted by atomic mass is 10.1. The minimum Gasteiger partial charge on any atom is -0.479 e. The lowest BCUT2D eigenvalue weighted by Gasteiger charge is -2.16. The number of hydrogen-bond acceptors (Lipinski definition) is 10. The van der Waals surface area contributed by atoms with Gasteiger partial charge in [0.05, 0.1) is 13.4 Å². The number of hydrogen-bond donors (Lipinski definition) is 3. The van der Waals surface area contributed by atoms with Crippen molar-refractivity contribution in [2.75, 3.05) is 19.5 Å². The van der Waals surface area contributed by atoms with Crippen LogP contribution in [0.3, 0.4) is 0 Å². The molecule has 4 atom stereocenters. The molecule has 0 saturated carbocycles. The number of esters is 1. The van der Waals surface area contributed by atoms with Gasteiger partial charge in [0.1, 0.15) is 24.9 Å². The van der Waals surface area contributed by atoms with E-state index in [0.29, 0.717) is 5.52 Å². The van der Waals surface area contributed by atoms with E-state index in [1.807, 2.05) is 0 Å². The Morgan fingerprint density at radius 3 is 2.84 bits per heavy atom. The summed E-state index contributed by atoms with van der Waals surface area (Å²) in [4.78, 5) is 23.4. The molecule has 11 nitrogen and oxygen atoms in total. The summed E-state index contributed by atoms with van der Waals surface area (Å²) in [5.74, 6) is -0.276. The maximum absolute atomic E-state index is 11.3. The number of imidazole rings is 1. The molecule has 136 valence electrons. The molecule has 0 spiro atoms. The van der Waals surface area contributed by atoms with Crippen LogP contribution in [-0.4, -0.2) is 67.7 Å². The molecule has 1 aliphatic rings. The zero-order chi connectivity index (χ0) is 18.1. The highest BCUT2D eigenvalue weighted by molar-refractivity contribution is 5.77. The Bertz CT molecular complexity index is 780. The number of carbonyl (C=O) groups excluding carboxylic acids is 1.